The Morgan fingerprint density at radius 3 is 2.00 bits per heavy atom. The lowest BCUT2D eigenvalue weighted by molar-refractivity contribution is 0.101. The van der Waals surface area contributed by atoms with Gasteiger partial charge in [-0.05, 0) is 25.1 Å². The number of halogens is 6. The zero-order valence-corrected chi connectivity index (χ0v) is 10.2. The maximum atomic E-state index is 12.4. The maximum Gasteiger partial charge on any atom is 0.310 e. The standard InChI is InChI=1S/C8H6BrF5OS/c1-5(15)6-2-7(9)4-8(3-6)16(10,11,12,13)14/h2-4H,1H3. The average Bonchev–Trinajstić information content (AvgIpc) is 1.98. The van der Waals surface area contributed by atoms with Gasteiger partial charge in [-0.3, -0.25) is 4.79 Å². The van der Waals surface area contributed by atoms with Crippen LogP contribution in [0, 0.1) is 0 Å². The molecule has 1 aromatic rings. The van der Waals surface area contributed by atoms with E-state index in [1.54, 1.807) is 0 Å². The van der Waals surface area contributed by atoms with Crippen LogP contribution in [0.25, 0.3) is 0 Å². The Hall–Kier alpha value is -0.630. The Kier molecular flexibility index (Phi) is 2.50. The van der Waals surface area contributed by atoms with Crippen molar-refractivity contribution in [2.45, 2.75) is 11.8 Å². The zero-order valence-electron chi connectivity index (χ0n) is 7.82. The highest BCUT2D eigenvalue weighted by Crippen LogP contribution is 3.02. The third kappa shape index (κ3) is 3.18. The van der Waals surface area contributed by atoms with Crippen LogP contribution in [0.3, 0.4) is 0 Å². The second kappa shape index (κ2) is 2.98. The van der Waals surface area contributed by atoms with Gasteiger partial charge in [-0.15, -0.1) is 0 Å². The number of rotatable bonds is 2. The Morgan fingerprint density at radius 2 is 1.62 bits per heavy atom. The number of hydrogen-bond donors (Lipinski definition) is 0. The summed E-state index contributed by atoms with van der Waals surface area (Å²) in [5.74, 6) is -0.718. The predicted octanol–water partition coefficient (Wildman–Crippen LogP) is 5.31. The summed E-state index contributed by atoms with van der Waals surface area (Å²) in [6.45, 7) is 0.997. The van der Waals surface area contributed by atoms with E-state index >= 15 is 0 Å². The van der Waals surface area contributed by atoms with Gasteiger partial charge in [0.2, 0.25) is 0 Å². The van der Waals surface area contributed by atoms with Crippen LogP contribution in [-0.4, -0.2) is 5.78 Å². The van der Waals surface area contributed by atoms with Gasteiger partial charge in [0, 0.05) is 10.0 Å². The first-order chi connectivity index (χ1) is 6.79. The molecule has 8 heteroatoms. The maximum absolute atomic E-state index is 12.4. The molecular formula is C8H6BrF5OS. The first-order valence-electron chi connectivity index (χ1n) is 3.85. The fourth-order valence-corrected chi connectivity index (χ4v) is 2.33. The molecule has 0 heterocycles. The van der Waals surface area contributed by atoms with Crippen molar-refractivity contribution in [3.05, 3.63) is 28.2 Å². The molecule has 0 aliphatic carbocycles. The average molecular weight is 325 g/mol. The van der Waals surface area contributed by atoms with Crippen LogP contribution in [0.4, 0.5) is 19.4 Å². The SMILES string of the molecule is CC(=O)c1cc(Br)cc(S(F)(F)(F)(F)F)c1. The van der Waals surface area contributed by atoms with Gasteiger partial charge in [0.25, 0.3) is 0 Å². The molecule has 16 heavy (non-hydrogen) atoms. The van der Waals surface area contributed by atoms with Crippen LogP contribution in [0.2, 0.25) is 0 Å². The van der Waals surface area contributed by atoms with Gasteiger partial charge in [-0.2, -0.15) is 0 Å². The molecule has 0 aliphatic heterocycles. The monoisotopic (exact) mass is 324 g/mol. The molecule has 92 valence electrons. The quantitative estimate of drug-likeness (QED) is 0.532. The molecule has 0 saturated heterocycles. The van der Waals surface area contributed by atoms with Gasteiger partial charge in [0.05, 0.1) is 0 Å². The summed E-state index contributed by atoms with van der Waals surface area (Å²) in [7, 11) is -9.73. The topological polar surface area (TPSA) is 17.1 Å². The van der Waals surface area contributed by atoms with Crippen molar-refractivity contribution in [2.24, 2.45) is 0 Å². The van der Waals surface area contributed by atoms with Crippen molar-refractivity contribution in [1.29, 1.82) is 0 Å². The minimum Gasteiger partial charge on any atom is -0.295 e. The van der Waals surface area contributed by atoms with Crippen LogP contribution in [0.1, 0.15) is 17.3 Å². The van der Waals surface area contributed by atoms with E-state index in [9.17, 15) is 24.2 Å². The highest BCUT2D eigenvalue weighted by atomic mass is 79.9. The lowest BCUT2D eigenvalue weighted by Crippen LogP contribution is -2.07. The van der Waals surface area contributed by atoms with Crippen molar-refractivity contribution in [1.82, 2.24) is 0 Å². The summed E-state index contributed by atoms with van der Waals surface area (Å²) in [6, 6.07) is 1.47. The van der Waals surface area contributed by atoms with Crippen molar-refractivity contribution in [3.8, 4) is 0 Å². The summed E-state index contributed by atoms with van der Waals surface area (Å²) in [5, 5.41) is 0. The first-order valence-corrected chi connectivity index (χ1v) is 6.60. The van der Waals surface area contributed by atoms with E-state index in [1.165, 1.54) is 0 Å². The third-order valence-corrected chi connectivity index (χ3v) is 3.31. The summed E-state index contributed by atoms with van der Waals surface area (Å²) in [6.07, 6.45) is 0. The first kappa shape index (κ1) is 13.4. The minimum absolute atomic E-state index is 0.161. The van der Waals surface area contributed by atoms with E-state index in [4.69, 9.17) is 0 Å². The van der Waals surface area contributed by atoms with Crippen LogP contribution >= 0.6 is 26.2 Å². The Morgan fingerprint density at radius 1 is 1.12 bits per heavy atom. The predicted molar refractivity (Wildman–Crippen MR) is 55.5 cm³/mol. The molecule has 0 radical (unpaired) electrons. The van der Waals surface area contributed by atoms with Gasteiger partial charge in [-0.25, -0.2) is 0 Å². The van der Waals surface area contributed by atoms with Crippen molar-refractivity contribution < 1.29 is 24.2 Å². The third-order valence-electron chi connectivity index (χ3n) is 1.72. The number of carbonyl (C=O) groups excluding carboxylic acids is 1. The Balaban J connectivity index is 3.56. The second-order valence-electron chi connectivity index (χ2n) is 3.20. The van der Waals surface area contributed by atoms with Crippen LogP contribution in [0.15, 0.2) is 27.6 Å². The van der Waals surface area contributed by atoms with Gasteiger partial charge in [0.1, 0.15) is 4.90 Å². The number of benzene rings is 1. The highest BCUT2D eigenvalue weighted by molar-refractivity contribution is 9.10. The summed E-state index contributed by atoms with van der Waals surface area (Å²) in [5.41, 5.74) is -0.419. The number of carbonyl (C=O) groups is 1. The van der Waals surface area contributed by atoms with Gasteiger partial charge >= 0.3 is 10.2 Å². The smallest absolute Gasteiger partial charge is 0.295 e. The molecule has 0 amide bonds. The number of hydrogen-bond acceptors (Lipinski definition) is 1. The molecule has 0 aromatic heterocycles. The van der Waals surface area contributed by atoms with Gasteiger partial charge in [-0.1, -0.05) is 35.4 Å². The molecule has 1 aromatic carbocycles. The molecule has 0 N–H and O–H groups in total. The Labute approximate surface area is 96.5 Å². The van der Waals surface area contributed by atoms with E-state index < -0.39 is 26.5 Å². The van der Waals surface area contributed by atoms with E-state index in [2.05, 4.69) is 15.9 Å². The molecule has 0 fully saturated rings. The lowest BCUT2D eigenvalue weighted by Gasteiger charge is -2.40. The summed E-state index contributed by atoms with van der Waals surface area (Å²) in [4.78, 5) is 8.80. The number of Topliss-reactive ketones (excluding diaryl/α,β-unsaturated/α-hetero) is 1. The molecule has 0 unspecified atom stereocenters. The Bertz CT molecular complexity index is 466. The van der Waals surface area contributed by atoms with Crippen molar-refractivity contribution in [2.75, 3.05) is 0 Å². The molecule has 1 nitrogen and oxygen atoms in total. The lowest BCUT2D eigenvalue weighted by atomic mass is 10.2. The molecule has 0 bridgehead atoms. The molecular weight excluding hydrogens is 319 g/mol. The second-order valence-corrected chi connectivity index (χ2v) is 6.53. The van der Waals surface area contributed by atoms with Crippen LogP contribution < -0.4 is 0 Å². The van der Waals surface area contributed by atoms with Gasteiger partial charge in [0.15, 0.2) is 5.78 Å². The van der Waals surface area contributed by atoms with Gasteiger partial charge < -0.3 is 0 Å². The molecule has 1 rings (SSSR count). The normalized spacial score (nSPS) is 16.4. The van der Waals surface area contributed by atoms with E-state index in [-0.39, 0.29) is 16.6 Å². The molecule has 0 atom stereocenters. The molecule has 0 spiro atoms. The van der Waals surface area contributed by atoms with E-state index in [1.807, 2.05) is 0 Å². The van der Waals surface area contributed by atoms with E-state index in [0.29, 0.717) is 0 Å². The zero-order chi connectivity index (χ0) is 12.8. The summed E-state index contributed by atoms with van der Waals surface area (Å²) >= 11 is 2.66. The van der Waals surface area contributed by atoms with Crippen LogP contribution in [-0.2, 0) is 0 Å². The van der Waals surface area contributed by atoms with Crippen molar-refractivity contribution >= 4 is 31.9 Å². The fraction of sp³-hybridized carbons (Fsp3) is 0.125. The van der Waals surface area contributed by atoms with Crippen molar-refractivity contribution in [3.63, 3.8) is 0 Å². The van der Waals surface area contributed by atoms with E-state index in [0.717, 1.165) is 13.0 Å². The van der Waals surface area contributed by atoms with Crippen LogP contribution in [0.5, 0.6) is 0 Å². The highest BCUT2D eigenvalue weighted by Gasteiger charge is 2.65. The summed E-state index contributed by atoms with van der Waals surface area (Å²) < 4.78 is 62.0. The minimum atomic E-state index is -9.73. The largest absolute Gasteiger partial charge is 0.310 e. The number of ketones is 1. The molecule has 0 aliphatic rings. The fourth-order valence-electron chi connectivity index (χ4n) is 0.989. The molecule has 0 saturated carbocycles.